The van der Waals surface area contributed by atoms with Crippen molar-refractivity contribution in [3.63, 3.8) is 0 Å². The molecule has 2 aromatic rings. The van der Waals surface area contributed by atoms with Crippen molar-refractivity contribution in [1.82, 2.24) is 20.3 Å². The van der Waals surface area contributed by atoms with E-state index in [0.717, 1.165) is 18.4 Å². The van der Waals surface area contributed by atoms with E-state index in [-0.39, 0.29) is 5.91 Å². The Morgan fingerprint density at radius 2 is 1.92 bits per heavy atom. The molecule has 6 rings (SSSR count). The molecular weight excluding hydrogens is 332 g/mol. The summed E-state index contributed by atoms with van der Waals surface area (Å²) in [7, 11) is 0. The Bertz CT molecular complexity index is 799. The topological polar surface area (TPSA) is 85.3 Å². The number of carbonyl (C=O) groups is 1. The number of hydrogen-bond acceptors (Lipinski definition) is 6. The monoisotopic (exact) mass is 356 g/mol. The van der Waals surface area contributed by atoms with E-state index in [9.17, 15) is 4.79 Å². The van der Waals surface area contributed by atoms with Crippen molar-refractivity contribution in [2.75, 3.05) is 6.54 Å². The number of fused-ring (bicyclic) bond motifs is 1. The molecule has 2 aliphatic heterocycles. The van der Waals surface area contributed by atoms with Gasteiger partial charge in [0.25, 0.3) is 5.89 Å². The molecule has 0 aromatic carbocycles. The maximum Gasteiger partial charge on any atom is 0.269 e. The van der Waals surface area contributed by atoms with Gasteiger partial charge < -0.3 is 13.8 Å². The summed E-state index contributed by atoms with van der Waals surface area (Å²) < 4.78 is 10.7. The van der Waals surface area contributed by atoms with Gasteiger partial charge in [-0.05, 0) is 56.8 Å². The predicted octanol–water partition coefficient (Wildman–Crippen LogP) is 3.00. The van der Waals surface area contributed by atoms with Crippen molar-refractivity contribution >= 4 is 5.91 Å². The Morgan fingerprint density at radius 3 is 2.65 bits per heavy atom. The van der Waals surface area contributed by atoms with Crippen molar-refractivity contribution in [3.05, 3.63) is 17.7 Å². The second-order valence-corrected chi connectivity index (χ2v) is 8.30. The standard InChI is InChI=1S/C19H24N4O3/c1-11-4-16(22-26-11)19-21-20-17(25-19)2-3-18(24)23-10-14-6-12-5-13(7-14)9-15(23)8-12/h4,12-15H,2-3,5-10H2,1H3/t12-,13+,14?,15?. The number of hydrogen-bond donors (Lipinski definition) is 0. The van der Waals surface area contributed by atoms with Gasteiger partial charge in [0, 0.05) is 31.5 Å². The number of carbonyl (C=O) groups excluding carboxylic acids is 1. The van der Waals surface area contributed by atoms with Crippen molar-refractivity contribution in [3.8, 4) is 11.6 Å². The van der Waals surface area contributed by atoms with E-state index >= 15 is 0 Å². The first-order valence-electron chi connectivity index (χ1n) is 9.69. The molecule has 4 atom stereocenters. The summed E-state index contributed by atoms with van der Waals surface area (Å²) >= 11 is 0. The maximum atomic E-state index is 12.9. The molecule has 1 amide bonds. The third-order valence-corrected chi connectivity index (χ3v) is 6.29. The van der Waals surface area contributed by atoms with Gasteiger partial charge in [0.1, 0.15) is 5.76 Å². The molecule has 7 nitrogen and oxygen atoms in total. The molecule has 2 saturated carbocycles. The molecule has 2 unspecified atom stereocenters. The van der Waals surface area contributed by atoms with Crippen LogP contribution in [0.15, 0.2) is 15.0 Å². The lowest BCUT2D eigenvalue weighted by Gasteiger charge is -2.39. The van der Waals surface area contributed by atoms with Gasteiger partial charge in [-0.3, -0.25) is 4.79 Å². The van der Waals surface area contributed by atoms with E-state index in [4.69, 9.17) is 8.94 Å². The molecule has 2 saturated heterocycles. The molecule has 4 heterocycles. The van der Waals surface area contributed by atoms with Gasteiger partial charge in [-0.25, -0.2) is 0 Å². The molecule has 0 N–H and O–H groups in total. The van der Waals surface area contributed by atoms with E-state index in [1.54, 1.807) is 6.07 Å². The Kier molecular flexibility index (Phi) is 3.83. The number of amides is 1. The highest BCUT2D eigenvalue weighted by molar-refractivity contribution is 5.76. The van der Waals surface area contributed by atoms with Crippen LogP contribution in [0.5, 0.6) is 0 Å². The van der Waals surface area contributed by atoms with E-state index in [1.807, 2.05) is 6.92 Å². The smallest absolute Gasteiger partial charge is 0.269 e. The fourth-order valence-corrected chi connectivity index (χ4v) is 5.37. The summed E-state index contributed by atoms with van der Waals surface area (Å²) in [6.45, 7) is 2.76. The van der Waals surface area contributed by atoms with Crippen LogP contribution >= 0.6 is 0 Å². The van der Waals surface area contributed by atoms with Gasteiger partial charge in [0.15, 0.2) is 5.69 Å². The lowest BCUT2D eigenvalue weighted by molar-refractivity contribution is -0.134. The van der Waals surface area contributed by atoms with Crippen LogP contribution < -0.4 is 0 Å². The second-order valence-electron chi connectivity index (χ2n) is 8.30. The lowest BCUT2D eigenvalue weighted by atomic mass is 9.68. The summed E-state index contributed by atoms with van der Waals surface area (Å²) in [4.78, 5) is 15.0. The van der Waals surface area contributed by atoms with Crippen LogP contribution in [0.2, 0.25) is 0 Å². The molecule has 4 aliphatic rings. The van der Waals surface area contributed by atoms with Gasteiger partial charge in [0.2, 0.25) is 11.8 Å². The normalized spacial score (nSPS) is 30.0. The van der Waals surface area contributed by atoms with E-state index in [2.05, 4.69) is 20.3 Å². The summed E-state index contributed by atoms with van der Waals surface area (Å²) in [6, 6.07) is 2.21. The Labute approximate surface area is 152 Å². The van der Waals surface area contributed by atoms with Gasteiger partial charge in [-0.1, -0.05) is 5.16 Å². The molecule has 2 aromatic heterocycles. The molecule has 4 fully saturated rings. The van der Waals surface area contributed by atoms with E-state index < -0.39 is 0 Å². The summed E-state index contributed by atoms with van der Waals surface area (Å²) in [5.41, 5.74) is 0.535. The summed E-state index contributed by atoms with van der Waals surface area (Å²) in [5, 5.41) is 11.9. The molecule has 4 bridgehead atoms. The van der Waals surface area contributed by atoms with Gasteiger partial charge in [-0.2, -0.15) is 0 Å². The van der Waals surface area contributed by atoms with Gasteiger partial charge in [-0.15, -0.1) is 10.2 Å². The quantitative estimate of drug-likeness (QED) is 0.837. The largest absolute Gasteiger partial charge is 0.419 e. The van der Waals surface area contributed by atoms with Gasteiger partial charge in [0.05, 0.1) is 0 Å². The summed E-state index contributed by atoms with van der Waals surface area (Å²) in [5.74, 6) is 4.16. The number of rotatable bonds is 4. The minimum absolute atomic E-state index is 0.236. The number of nitrogens with zero attached hydrogens (tertiary/aromatic N) is 4. The number of aryl methyl sites for hydroxylation is 2. The fourth-order valence-electron chi connectivity index (χ4n) is 5.37. The molecule has 138 valence electrons. The van der Waals surface area contributed by atoms with Crippen LogP contribution in [0.3, 0.4) is 0 Å². The SMILES string of the molecule is Cc1cc(-c2nnc(CCC(=O)N3CC4C[C@@H]5CC3C[C@H](C4)C5)o2)no1. The van der Waals surface area contributed by atoms with Crippen molar-refractivity contribution in [1.29, 1.82) is 0 Å². The minimum atomic E-state index is 0.236. The first kappa shape index (κ1) is 16.0. The van der Waals surface area contributed by atoms with Crippen LogP contribution in [-0.2, 0) is 11.2 Å². The maximum absolute atomic E-state index is 12.9. The van der Waals surface area contributed by atoms with Crippen LogP contribution in [0, 0.1) is 24.7 Å². The first-order valence-corrected chi connectivity index (χ1v) is 9.69. The fraction of sp³-hybridized carbons (Fsp3) is 0.684. The zero-order valence-electron chi connectivity index (χ0n) is 15.1. The highest BCUT2D eigenvalue weighted by Gasteiger charge is 2.43. The zero-order valence-corrected chi connectivity index (χ0v) is 15.1. The Balaban J connectivity index is 1.23. The number of aromatic nitrogens is 3. The average molecular weight is 356 g/mol. The molecule has 26 heavy (non-hydrogen) atoms. The minimum Gasteiger partial charge on any atom is -0.419 e. The third kappa shape index (κ3) is 2.93. The average Bonchev–Trinajstić information content (AvgIpc) is 3.20. The molecule has 2 aliphatic carbocycles. The van der Waals surface area contributed by atoms with Gasteiger partial charge >= 0.3 is 0 Å². The van der Waals surface area contributed by atoms with Crippen LogP contribution in [0.4, 0.5) is 0 Å². The van der Waals surface area contributed by atoms with E-state index in [0.29, 0.717) is 48.0 Å². The predicted molar refractivity (Wildman–Crippen MR) is 91.9 cm³/mol. The Hall–Kier alpha value is -2.18. The molecule has 0 spiro atoms. The highest BCUT2D eigenvalue weighted by atomic mass is 16.5. The van der Waals surface area contributed by atoms with Crippen molar-refractivity contribution in [2.24, 2.45) is 17.8 Å². The zero-order chi connectivity index (χ0) is 17.7. The second kappa shape index (κ2) is 6.21. The van der Waals surface area contributed by atoms with Crippen molar-refractivity contribution in [2.45, 2.75) is 57.9 Å². The third-order valence-electron chi connectivity index (χ3n) is 6.29. The van der Waals surface area contributed by atoms with Crippen LogP contribution in [-0.4, -0.2) is 38.7 Å². The molecule has 7 heteroatoms. The first-order chi connectivity index (χ1) is 12.6. The van der Waals surface area contributed by atoms with Crippen LogP contribution in [0.25, 0.3) is 11.6 Å². The highest BCUT2D eigenvalue weighted by Crippen LogP contribution is 2.47. The Morgan fingerprint density at radius 1 is 1.15 bits per heavy atom. The van der Waals surface area contributed by atoms with Crippen LogP contribution in [0.1, 0.15) is 50.2 Å². The summed E-state index contributed by atoms with van der Waals surface area (Å²) in [6.07, 6.45) is 7.34. The molecular formula is C19H24N4O3. The van der Waals surface area contributed by atoms with E-state index in [1.165, 1.54) is 32.1 Å². The lowest BCUT2D eigenvalue weighted by Crippen LogP contribution is -2.42. The molecule has 0 radical (unpaired) electrons. The van der Waals surface area contributed by atoms with Crippen molar-refractivity contribution < 1.29 is 13.7 Å².